The molecule has 0 radical (unpaired) electrons. The van der Waals surface area contributed by atoms with Gasteiger partial charge in [-0.15, -0.1) is 0 Å². The molecule has 0 atom stereocenters. The molecule has 0 amide bonds. The zero-order chi connectivity index (χ0) is 2.71. The molecule has 0 aliphatic rings. The van der Waals surface area contributed by atoms with Gasteiger partial charge in [0, 0.05) is 6.47 Å². The first-order chi connectivity index (χ1) is 1.41. The number of rotatable bonds is 0. The predicted molar refractivity (Wildman–Crippen MR) is 13.2 cm³/mol. The average molecular weight is 124 g/mol. The first-order valence-corrected chi connectivity index (χ1v) is 0.471. The second kappa shape index (κ2) is 15.9. The predicted octanol–water partition coefficient (Wildman–Crippen LogP) is -5.28. The molecule has 0 aromatic rings. The number of carbonyl (C=O) groups is 1. The molecule has 4 heteroatoms. The van der Waals surface area contributed by atoms with Gasteiger partial charge < -0.3 is 9.90 Å². The molecule has 0 heterocycles. The van der Waals surface area contributed by atoms with Crippen LogP contribution in [0.4, 0.5) is 0 Å². The second-order valence-electron chi connectivity index (χ2n) is 0.0962. The normalized spacial score (nSPS) is 2.40. The molecule has 0 saturated carbocycles. The Bertz CT molecular complexity index is 15.1. The van der Waals surface area contributed by atoms with Crippen LogP contribution in [0.15, 0.2) is 0 Å². The molecule has 0 aliphatic heterocycles. The number of hydrogen-bond acceptors (Lipinski definition) is 2. The van der Waals surface area contributed by atoms with Crippen molar-refractivity contribution >= 4 is 57.9 Å². The molecule has 0 N–H and O–H groups in total. The van der Waals surface area contributed by atoms with Crippen molar-refractivity contribution in [3.8, 4) is 0 Å². The third-order valence-electron chi connectivity index (χ3n) is 0. The summed E-state index contributed by atoms with van der Waals surface area (Å²) in [6.45, 7) is -0.500. The Labute approximate surface area is 116 Å². The molecule has 0 aromatic heterocycles. The maximum absolute atomic E-state index is 8.25. The zero-order valence-electron chi connectivity index (χ0n) is 2.39. The third-order valence-corrected chi connectivity index (χ3v) is 0. The van der Waals surface area contributed by atoms with Gasteiger partial charge in [0.2, 0.25) is 0 Å². The Morgan fingerprint density at radius 2 is 1.60 bits per heavy atom. The van der Waals surface area contributed by atoms with Crippen molar-refractivity contribution in [2.24, 2.45) is 0 Å². The topological polar surface area (TPSA) is 40.1 Å². The fourth-order valence-electron chi connectivity index (χ4n) is 0. The summed E-state index contributed by atoms with van der Waals surface area (Å²) in [7, 11) is 0. The van der Waals surface area contributed by atoms with Gasteiger partial charge in [-0.1, -0.05) is 0 Å². The van der Waals surface area contributed by atoms with E-state index in [1.165, 1.54) is 0 Å². The number of carboxylic acid groups (broad SMARTS) is 1. The molecule has 0 unspecified atom stereocenters. The molecule has 0 saturated heterocycles. The summed E-state index contributed by atoms with van der Waals surface area (Å²) in [6.07, 6.45) is 0. The third kappa shape index (κ3) is 20.2. The summed E-state index contributed by atoms with van der Waals surface area (Å²) in [5, 5.41) is 8.25. The van der Waals surface area contributed by atoms with Crippen LogP contribution >= 0.6 is 0 Å². The van der Waals surface area contributed by atoms with Gasteiger partial charge in [0.15, 0.2) is 0 Å². The Morgan fingerprint density at radius 1 is 1.60 bits per heavy atom. The summed E-state index contributed by atoms with van der Waals surface area (Å²) in [5.41, 5.74) is 0. The van der Waals surface area contributed by atoms with Gasteiger partial charge >= 0.3 is 103 Å². The number of carbonyl (C=O) groups excluding carboxylic acids is 1. The second-order valence-corrected chi connectivity index (χ2v) is 0.0962. The summed E-state index contributed by atoms with van der Waals surface area (Å²) < 4.78 is 0. The average Bonchev–Trinajstić information content (AvgIpc) is 0.918. The summed E-state index contributed by atoms with van der Waals surface area (Å²) in [6, 6.07) is 0. The Morgan fingerprint density at radius 3 is 1.60 bits per heavy atom. The molecule has 0 aliphatic carbocycles. The molecular weight excluding hydrogens is 122 g/mol. The van der Waals surface area contributed by atoms with Gasteiger partial charge in [0.1, 0.15) is 0 Å². The maximum atomic E-state index is 8.25. The first-order valence-electron chi connectivity index (χ1n) is 0.471. The van der Waals surface area contributed by atoms with E-state index in [0.717, 1.165) is 0 Å². The fraction of sp³-hybridized carbons (Fsp3) is 0. The van der Waals surface area contributed by atoms with Crippen LogP contribution in [-0.2, 0) is 4.79 Å². The molecule has 20 valence electrons. The Hall–Kier alpha value is 2.74. The fourth-order valence-corrected chi connectivity index (χ4v) is 0. The van der Waals surface area contributed by atoms with Gasteiger partial charge in [-0.2, -0.15) is 0 Å². The summed E-state index contributed by atoms with van der Waals surface area (Å²) in [5.74, 6) is 0. The Balaban J connectivity index is -0.0000000200. The minimum absolute atomic E-state index is 0. The van der Waals surface area contributed by atoms with E-state index in [4.69, 9.17) is 9.90 Å². The minimum atomic E-state index is -0.500. The van der Waals surface area contributed by atoms with Crippen molar-refractivity contribution < 1.29 is 61.3 Å². The summed E-state index contributed by atoms with van der Waals surface area (Å²) >= 11 is 0. The van der Waals surface area contributed by atoms with E-state index in [2.05, 4.69) is 0 Å². The van der Waals surface area contributed by atoms with E-state index < -0.39 is 6.47 Å². The molecule has 2 nitrogen and oxygen atoms in total. The molecule has 0 rings (SSSR count). The zero-order valence-corrected chi connectivity index (χ0v) is 5.52. The van der Waals surface area contributed by atoms with Crippen LogP contribution < -0.4 is 56.5 Å². The van der Waals surface area contributed by atoms with Crippen LogP contribution in [0.3, 0.4) is 0 Å². The van der Waals surface area contributed by atoms with Gasteiger partial charge in [0.25, 0.3) is 0 Å². The monoisotopic (exact) mass is 124 g/mol. The SMILES string of the molecule is O=C[O-].[K+].[KH]. The molecule has 0 bridgehead atoms. The van der Waals surface area contributed by atoms with Crippen molar-refractivity contribution in [2.75, 3.05) is 0 Å². The van der Waals surface area contributed by atoms with Crippen molar-refractivity contribution in [1.29, 1.82) is 0 Å². The van der Waals surface area contributed by atoms with E-state index in [1.807, 2.05) is 0 Å². The van der Waals surface area contributed by atoms with Gasteiger partial charge in [-0.3, -0.25) is 0 Å². The number of hydrogen-bond donors (Lipinski definition) is 0. The van der Waals surface area contributed by atoms with Crippen molar-refractivity contribution in [1.82, 2.24) is 0 Å². The summed E-state index contributed by atoms with van der Waals surface area (Å²) in [4.78, 5) is 8.25. The molecule has 0 fully saturated rings. The van der Waals surface area contributed by atoms with Crippen molar-refractivity contribution in [3.63, 3.8) is 0 Å². The van der Waals surface area contributed by atoms with Gasteiger partial charge in [-0.25, -0.2) is 0 Å². The van der Waals surface area contributed by atoms with Crippen LogP contribution in [0.25, 0.3) is 0 Å². The van der Waals surface area contributed by atoms with Crippen LogP contribution in [0.5, 0.6) is 0 Å². The van der Waals surface area contributed by atoms with E-state index in [0.29, 0.717) is 0 Å². The molecule has 5 heavy (non-hydrogen) atoms. The van der Waals surface area contributed by atoms with Crippen LogP contribution in [0.2, 0.25) is 0 Å². The van der Waals surface area contributed by atoms with Gasteiger partial charge in [-0.05, 0) is 0 Å². The van der Waals surface area contributed by atoms with Crippen molar-refractivity contribution in [3.05, 3.63) is 0 Å². The Kier molecular flexibility index (Phi) is 49.7. The molecular formula is CH2K2O2. The standard InChI is InChI=1S/CH2O2.2K.H/c2-1-3;;;/h1H,(H,2,3);;;/q;;+1;/p-1. The first kappa shape index (κ1) is 15.6. The van der Waals surface area contributed by atoms with Crippen molar-refractivity contribution in [2.45, 2.75) is 0 Å². The molecule has 0 spiro atoms. The van der Waals surface area contributed by atoms with Crippen LogP contribution in [0, 0.1) is 0 Å². The molecule has 0 aromatic carbocycles. The van der Waals surface area contributed by atoms with E-state index in [1.54, 1.807) is 0 Å². The van der Waals surface area contributed by atoms with E-state index in [-0.39, 0.29) is 103 Å². The van der Waals surface area contributed by atoms with Crippen LogP contribution in [0.1, 0.15) is 0 Å². The quantitative estimate of drug-likeness (QED) is 0.239. The van der Waals surface area contributed by atoms with E-state index >= 15 is 0 Å². The van der Waals surface area contributed by atoms with Crippen LogP contribution in [-0.4, -0.2) is 57.9 Å². The van der Waals surface area contributed by atoms with E-state index in [9.17, 15) is 0 Å². The van der Waals surface area contributed by atoms with Gasteiger partial charge in [0.05, 0.1) is 0 Å².